The maximum atomic E-state index is 12.7. The molecule has 2 N–H and O–H groups in total. The third kappa shape index (κ3) is 4.20. The first-order valence-electron chi connectivity index (χ1n) is 5.99. The highest BCUT2D eigenvalue weighted by molar-refractivity contribution is 5.83. The lowest BCUT2D eigenvalue weighted by Crippen LogP contribution is -2.19. The molecule has 0 aliphatic rings. The van der Waals surface area contributed by atoms with Crippen LogP contribution in [0.4, 0.5) is 4.39 Å². The van der Waals surface area contributed by atoms with Crippen molar-refractivity contribution in [3.63, 3.8) is 0 Å². The van der Waals surface area contributed by atoms with Crippen molar-refractivity contribution in [1.29, 1.82) is 0 Å². The summed E-state index contributed by atoms with van der Waals surface area (Å²) in [7, 11) is 0. The van der Waals surface area contributed by atoms with Crippen LogP contribution in [0, 0.1) is 5.82 Å². The molecule has 0 heterocycles. The van der Waals surface area contributed by atoms with Crippen LogP contribution in [0.25, 0.3) is 0 Å². The molecule has 0 aliphatic carbocycles. The van der Waals surface area contributed by atoms with E-state index < -0.39 is 0 Å². The third-order valence-electron chi connectivity index (χ3n) is 2.57. The van der Waals surface area contributed by atoms with Gasteiger partial charge in [0, 0.05) is 0 Å². The molecule has 0 spiro atoms. The van der Waals surface area contributed by atoms with Crippen LogP contribution in [0.5, 0.6) is 5.75 Å². The summed E-state index contributed by atoms with van der Waals surface area (Å²) in [6.07, 6.45) is 1.61. The van der Waals surface area contributed by atoms with Gasteiger partial charge in [0.2, 0.25) is 5.91 Å². The Kier molecular flexibility index (Phi) is 4.44. The zero-order valence-electron chi connectivity index (χ0n) is 10.6. The van der Waals surface area contributed by atoms with E-state index in [-0.39, 0.29) is 23.9 Å². The second-order valence-corrected chi connectivity index (χ2v) is 4.19. The molecule has 5 heteroatoms. The first-order valence-corrected chi connectivity index (χ1v) is 5.99. The molecule has 0 unspecified atom stereocenters. The van der Waals surface area contributed by atoms with Crippen LogP contribution in [0.1, 0.15) is 11.1 Å². The molecular weight excluding hydrogens is 259 g/mol. The van der Waals surface area contributed by atoms with Gasteiger partial charge in [0.1, 0.15) is 11.6 Å². The molecule has 0 saturated heterocycles. The average molecular weight is 272 g/mol. The minimum absolute atomic E-state index is 0.132. The van der Waals surface area contributed by atoms with Crippen molar-refractivity contribution in [2.45, 2.75) is 6.42 Å². The molecular formula is C15H13FN2O2. The largest absolute Gasteiger partial charge is 0.508 e. The summed E-state index contributed by atoms with van der Waals surface area (Å²) < 4.78 is 12.7. The second-order valence-electron chi connectivity index (χ2n) is 4.19. The fourth-order valence-electron chi connectivity index (χ4n) is 1.57. The van der Waals surface area contributed by atoms with E-state index in [1.54, 1.807) is 24.3 Å². The normalized spacial score (nSPS) is 10.7. The van der Waals surface area contributed by atoms with E-state index in [0.29, 0.717) is 5.56 Å². The van der Waals surface area contributed by atoms with Crippen molar-refractivity contribution < 1.29 is 14.3 Å². The van der Waals surface area contributed by atoms with Gasteiger partial charge in [-0.2, -0.15) is 5.10 Å². The summed E-state index contributed by atoms with van der Waals surface area (Å²) in [6, 6.07) is 12.1. The Labute approximate surface area is 115 Å². The zero-order chi connectivity index (χ0) is 14.4. The van der Waals surface area contributed by atoms with E-state index >= 15 is 0 Å². The number of benzene rings is 2. The van der Waals surface area contributed by atoms with Crippen molar-refractivity contribution in [1.82, 2.24) is 5.43 Å². The Hall–Kier alpha value is -2.69. The van der Waals surface area contributed by atoms with Crippen molar-refractivity contribution in [3.05, 3.63) is 65.5 Å². The molecule has 0 saturated carbocycles. The monoisotopic (exact) mass is 272 g/mol. The van der Waals surface area contributed by atoms with E-state index in [1.165, 1.54) is 30.5 Å². The van der Waals surface area contributed by atoms with Gasteiger partial charge < -0.3 is 5.11 Å². The molecule has 1 amide bonds. The zero-order valence-corrected chi connectivity index (χ0v) is 10.6. The average Bonchev–Trinajstić information content (AvgIpc) is 2.44. The molecule has 2 aromatic rings. The number of rotatable bonds is 4. The molecule has 102 valence electrons. The Morgan fingerprint density at radius 2 is 1.80 bits per heavy atom. The highest BCUT2D eigenvalue weighted by Gasteiger charge is 2.01. The number of carbonyl (C=O) groups excluding carboxylic acids is 1. The van der Waals surface area contributed by atoms with Crippen molar-refractivity contribution in [3.8, 4) is 5.75 Å². The Morgan fingerprint density at radius 1 is 1.15 bits per heavy atom. The van der Waals surface area contributed by atoms with Crippen LogP contribution < -0.4 is 5.43 Å². The van der Waals surface area contributed by atoms with Gasteiger partial charge in [-0.1, -0.05) is 12.1 Å². The number of nitrogens with zero attached hydrogens (tertiary/aromatic N) is 1. The second kappa shape index (κ2) is 6.47. The number of phenols is 1. The highest BCUT2D eigenvalue weighted by atomic mass is 19.1. The summed E-state index contributed by atoms with van der Waals surface area (Å²) in [6.45, 7) is 0. The van der Waals surface area contributed by atoms with Gasteiger partial charge in [0.05, 0.1) is 12.6 Å². The number of aromatic hydroxyl groups is 1. The SMILES string of the molecule is O=C(Cc1ccc(F)cc1)N/N=C/c1ccc(O)cc1. The Morgan fingerprint density at radius 3 is 2.45 bits per heavy atom. The van der Waals surface area contributed by atoms with Crippen molar-refractivity contribution in [2.24, 2.45) is 5.10 Å². The van der Waals surface area contributed by atoms with E-state index in [9.17, 15) is 9.18 Å². The number of hydrogen-bond donors (Lipinski definition) is 2. The van der Waals surface area contributed by atoms with Crippen molar-refractivity contribution >= 4 is 12.1 Å². The van der Waals surface area contributed by atoms with Crippen LogP contribution in [0.15, 0.2) is 53.6 Å². The minimum Gasteiger partial charge on any atom is -0.508 e. The molecule has 0 aromatic heterocycles. The number of halogens is 1. The summed E-state index contributed by atoms with van der Waals surface area (Å²) in [5, 5.41) is 12.9. The molecule has 20 heavy (non-hydrogen) atoms. The number of hydrazone groups is 1. The van der Waals surface area contributed by atoms with Crippen LogP contribution in [-0.2, 0) is 11.2 Å². The van der Waals surface area contributed by atoms with Crippen LogP contribution >= 0.6 is 0 Å². The van der Waals surface area contributed by atoms with Gasteiger partial charge in [-0.3, -0.25) is 4.79 Å². The summed E-state index contributed by atoms with van der Waals surface area (Å²) in [5.74, 6) is -0.450. The van der Waals surface area contributed by atoms with Crippen LogP contribution in [0.2, 0.25) is 0 Å². The molecule has 0 fully saturated rings. The molecule has 0 aliphatic heterocycles. The topological polar surface area (TPSA) is 61.7 Å². The Balaban J connectivity index is 1.85. The van der Waals surface area contributed by atoms with E-state index in [2.05, 4.69) is 10.5 Å². The molecule has 2 rings (SSSR count). The van der Waals surface area contributed by atoms with Gasteiger partial charge in [0.25, 0.3) is 0 Å². The first-order chi connectivity index (χ1) is 9.63. The lowest BCUT2D eigenvalue weighted by atomic mass is 10.1. The smallest absolute Gasteiger partial charge is 0.244 e. The van der Waals surface area contributed by atoms with Gasteiger partial charge in [-0.15, -0.1) is 0 Å². The standard InChI is InChI=1S/C15H13FN2O2/c16-13-5-1-11(2-6-13)9-15(20)18-17-10-12-3-7-14(19)8-4-12/h1-8,10,19H,9H2,(H,18,20)/b17-10+. The van der Waals surface area contributed by atoms with Gasteiger partial charge >= 0.3 is 0 Å². The molecule has 0 atom stereocenters. The number of hydrogen-bond acceptors (Lipinski definition) is 3. The number of amides is 1. The Bertz CT molecular complexity index is 607. The molecule has 0 radical (unpaired) electrons. The lowest BCUT2D eigenvalue weighted by molar-refractivity contribution is -0.120. The summed E-state index contributed by atoms with van der Waals surface area (Å²) in [5.41, 5.74) is 3.85. The lowest BCUT2D eigenvalue weighted by Gasteiger charge is -2.00. The number of nitrogens with one attached hydrogen (secondary N) is 1. The minimum atomic E-state index is -0.334. The predicted molar refractivity (Wildman–Crippen MR) is 73.9 cm³/mol. The van der Waals surface area contributed by atoms with Crippen LogP contribution in [0.3, 0.4) is 0 Å². The maximum Gasteiger partial charge on any atom is 0.244 e. The number of carbonyl (C=O) groups is 1. The number of phenolic OH excluding ortho intramolecular Hbond substituents is 1. The fraction of sp³-hybridized carbons (Fsp3) is 0.0667. The van der Waals surface area contributed by atoms with Gasteiger partial charge in [0.15, 0.2) is 0 Å². The van der Waals surface area contributed by atoms with E-state index in [0.717, 1.165) is 5.56 Å². The third-order valence-corrected chi connectivity index (χ3v) is 2.57. The van der Waals surface area contributed by atoms with Crippen LogP contribution in [-0.4, -0.2) is 17.2 Å². The molecule has 4 nitrogen and oxygen atoms in total. The van der Waals surface area contributed by atoms with Gasteiger partial charge in [-0.25, -0.2) is 9.82 Å². The molecule has 2 aromatic carbocycles. The quantitative estimate of drug-likeness (QED) is 0.662. The first kappa shape index (κ1) is 13.7. The van der Waals surface area contributed by atoms with Gasteiger partial charge in [-0.05, 0) is 47.5 Å². The summed E-state index contributed by atoms with van der Waals surface area (Å²) >= 11 is 0. The predicted octanol–water partition coefficient (Wildman–Crippen LogP) is 2.22. The maximum absolute atomic E-state index is 12.7. The summed E-state index contributed by atoms with van der Waals surface area (Å²) in [4.78, 5) is 11.6. The van der Waals surface area contributed by atoms with E-state index in [1.807, 2.05) is 0 Å². The van der Waals surface area contributed by atoms with Crippen molar-refractivity contribution in [2.75, 3.05) is 0 Å². The fourth-order valence-corrected chi connectivity index (χ4v) is 1.57. The van der Waals surface area contributed by atoms with E-state index in [4.69, 9.17) is 5.11 Å². The molecule has 0 bridgehead atoms. The highest BCUT2D eigenvalue weighted by Crippen LogP contribution is 2.07.